The number of hydrogen-bond donors (Lipinski definition) is 3. The number of phenolic OH excluding ortho intramolecular Hbond substituents is 1. The summed E-state index contributed by atoms with van der Waals surface area (Å²) in [4.78, 5) is 25.6. The fourth-order valence-corrected chi connectivity index (χ4v) is 5.32. The van der Waals surface area contributed by atoms with Gasteiger partial charge in [-0.15, -0.1) is 0 Å². The van der Waals surface area contributed by atoms with E-state index in [1.807, 2.05) is 24.3 Å². The van der Waals surface area contributed by atoms with Crippen LogP contribution in [0.3, 0.4) is 0 Å². The third kappa shape index (κ3) is 4.57. The molecule has 2 aromatic rings. The maximum atomic E-state index is 13.3. The number of methoxy groups -OCH3 is 2. The second-order valence-corrected chi connectivity index (χ2v) is 9.70. The molecule has 3 rings (SSSR count). The predicted octanol–water partition coefficient (Wildman–Crippen LogP) is 5.07. The quantitative estimate of drug-likeness (QED) is 0.321. The molecule has 7 nitrogen and oxygen atoms in total. The van der Waals surface area contributed by atoms with E-state index in [4.69, 9.17) is 15.2 Å². The lowest BCUT2D eigenvalue weighted by Gasteiger charge is -2.47. The minimum Gasteiger partial charge on any atom is -0.507 e. The van der Waals surface area contributed by atoms with Crippen molar-refractivity contribution in [2.75, 3.05) is 14.2 Å². The van der Waals surface area contributed by atoms with Gasteiger partial charge >= 0.3 is 5.97 Å². The number of hydrogen-bond acceptors (Lipinski definition) is 6. The molecule has 0 bridgehead atoms. The summed E-state index contributed by atoms with van der Waals surface area (Å²) < 4.78 is 11.9. The molecule has 0 radical (unpaired) electrons. The molecule has 1 atom stereocenters. The van der Waals surface area contributed by atoms with Crippen LogP contribution in [-0.2, 0) is 10.2 Å². The average molecular weight is 532 g/mol. The summed E-state index contributed by atoms with van der Waals surface area (Å²) in [6.07, 6.45) is 6.26. The Bertz CT molecular complexity index is 1120. The maximum absolute atomic E-state index is 13.3. The van der Waals surface area contributed by atoms with Crippen LogP contribution >= 0.6 is 15.9 Å². The van der Waals surface area contributed by atoms with E-state index in [9.17, 15) is 19.8 Å². The molecule has 1 aliphatic carbocycles. The van der Waals surface area contributed by atoms with Crippen molar-refractivity contribution in [2.45, 2.75) is 50.0 Å². The number of aromatic hydroxyl groups is 1. The number of halogens is 1. The number of carbonyl (C=O) groups is 2. The molecule has 182 valence electrons. The third-order valence-corrected chi connectivity index (χ3v) is 7.31. The molecule has 1 unspecified atom stereocenters. The standard InChI is InChI=1S/C26H30BrNO6/c1-25(28,24(31)32)26(12-5-4-6-13-26)22-20(34-3)15-19(33-2)21(23(22)30)18(29)11-10-16-8-7-9-17(27)14-16/h7-11,14-15,30H,4-6,12-13,28H2,1-3H3,(H,31,32)/b11-10+. The van der Waals surface area contributed by atoms with E-state index in [1.54, 1.807) is 6.08 Å². The van der Waals surface area contributed by atoms with Crippen LogP contribution in [0.4, 0.5) is 0 Å². The first-order valence-corrected chi connectivity index (χ1v) is 11.9. The lowest BCUT2D eigenvalue weighted by atomic mass is 9.58. The maximum Gasteiger partial charge on any atom is 0.324 e. The highest BCUT2D eigenvalue weighted by Gasteiger charge is 2.55. The number of phenols is 1. The molecule has 1 aliphatic rings. The van der Waals surface area contributed by atoms with Crippen LogP contribution in [0.15, 0.2) is 40.9 Å². The lowest BCUT2D eigenvalue weighted by molar-refractivity contribution is -0.146. The van der Waals surface area contributed by atoms with Crippen LogP contribution in [0.5, 0.6) is 17.2 Å². The zero-order chi connectivity index (χ0) is 25.1. The van der Waals surface area contributed by atoms with E-state index in [2.05, 4.69) is 15.9 Å². The molecular weight excluding hydrogens is 502 g/mol. The third-order valence-electron chi connectivity index (χ3n) is 6.81. The van der Waals surface area contributed by atoms with Crippen molar-refractivity contribution < 1.29 is 29.3 Å². The van der Waals surface area contributed by atoms with Crippen molar-refractivity contribution in [2.24, 2.45) is 5.73 Å². The SMILES string of the molecule is COc1cc(OC)c(C2(C(C)(N)C(=O)O)CCCCC2)c(O)c1C(=O)/C=C/c1cccc(Br)c1. The van der Waals surface area contributed by atoms with Crippen LogP contribution in [0, 0.1) is 0 Å². The average Bonchev–Trinajstić information content (AvgIpc) is 2.82. The predicted molar refractivity (Wildman–Crippen MR) is 134 cm³/mol. The number of nitrogens with two attached hydrogens (primary N) is 1. The van der Waals surface area contributed by atoms with Crippen molar-refractivity contribution in [1.29, 1.82) is 0 Å². The number of aliphatic carboxylic acids is 1. The Labute approximate surface area is 207 Å². The monoisotopic (exact) mass is 531 g/mol. The van der Waals surface area contributed by atoms with Gasteiger partial charge in [-0.3, -0.25) is 9.59 Å². The number of rotatable bonds is 8. The highest BCUT2D eigenvalue weighted by molar-refractivity contribution is 9.10. The zero-order valence-electron chi connectivity index (χ0n) is 19.6. The molecule has 1 fully saturated rings. The second-order valence-electron chi connectivity index (χ2n) is 8.78. The minimum absolute atomic E-state index is 0.0596. The van der Waals surface area contributed by atoms with Gasteiger partial charge in [0.2, 0.25) is 0 Å². The van der Waals surface area contributed by atoms with Crippen molar-refractivity contribution in [3.63, 3.8) is 0 Å². The summed E-state index contributed by atoms with van der Waals surface area (Å²) in [6, 6.07) is 8.93. The first-order chi connectivity index (χ1) is 16.1. The Morgan fingerprint density at radius 1 is 1.12 bits per heavy atom. The number of allylic oxidation sites excluding steroid dienone is 1. The Hall–Kier alpha value is -2.84. The summed E-state index contributed by atoms with van der Waals surface area (Å²) in [5.74, 6) is -1.67. The first kappa shape index (κ1) is 25.8. The Morgan fingerprint density at radius 2 is 1.76 bits per heavy atom. The number of ketones is 1. The summed E-state index contributed by atoms with van der Waals surface area (Å²) in [5, 5.41) is 21.5. The zero-order valence-corrected chi connectivity index (χ0v) is 21.1. The highest BCUT2D eigenvalue weighted by atomic mass is 79.9. The fraction of sp³-hybridized carbons (Fsp3) is 0.385. The van der Waals surface area contributed by atoms with Crippen LogP contribution in [0.25, 0.3) is 6.08 Å². The fourth-order valence-electron chi connectivity index (χ4n) is 4.90. The Morgan fingerprint density at radius 3 is 2.32 bits per heavy atom. The van der Waals surface area contributed by atoms with E-state index in [-0.39, 0.29) is 28.4 Å². The van der Waals surface area contributed by atoms with Crippen LogP contribution < -0.4 is 15.2 Å². The molecule has 4 N–H and O–H groups in total. The van der Waals surface area contributed by atoms with Gasteiger partial charge in [0.15, 0.2) is 5.78 Å². The Balaban J connectivity index is 2.23. The van der Waals surface area contributed by atoms with E-state index in [0.29, 0.717) is 12.8 Å². The molecular formula is C26H30BrNO6. The number of carboxylic acid groups (broad SMARTS) is 1. The Kier molecular flexibility index (Phi) is 7.73. The van der Waals surface area contributed by atoms with E-state index in [1.165, 1.54) is 33.3 Å². The molecule has 0 heterocycles. The summed E-state index contributed by atoms with van der Waals surface area (Å²) in [7, 11) is 2.82. The van der Waals surface area contributed by atoms with Crippen molar-refractivity contribution in [3.8, 4) is 17.2 Å². The van der Waals surface area contributed by atoms with Gasteiger partial charge in [-0.2, -0.15) is 0 Å². The normalized spacial score (nSPS) is 17.2. The molecule has 0 amide bonds. The van der Waals surface area contributed by atoms with Gasteiger partial charge in [-0.1, -0.05) is 53.4 Å². The van der Waals surface area contributed by atoms with Crippen molar-refractivity contribution in [3.05, 3.63) is 57.6 Å². The van der Waals surface area contributed by atoms with Gasteiger partial charge in [-0.25, -0.2) is 0 Å². The van der Waals surface area contributed by atoms with Gasteiger partial charge in [-0.05, 0) is 43.5 Å². The van der Waals surface area contributed by atoms with Crippen molar-refractivity contribution >= 4 is 33.8 Å². The molecule has 34 heavy (non-hydrogen) atoms. The largest absolute Gasteiger partial charge is 0.507 e. The molecule has 0 saturated heterocycles. The summed E-state index contributed by atoms with van der Waals surface area (Å²) in [6.45, 7) is 1.46. The van der Waals surface area contributed by atoms with Gasteiger partial charge in [0.05, 0.1) is 14.2 Å². The smallest absolute Gasteiger partial charge is 0.324 e. The molecule has 8 heteroatoms. The van der Waals surface area contributed by atoms with Gasteiger partial charge in [0.25, 0.3) is 0 Å². The first-order valence-electron chi connectivity index (χ1n) is 11.1. The molecule has 2 aromatic carbocycles. The van der Waals surface area contributed by atoms with E-state index in [0.717, 1.165) is 29.3 Å². The number of benzene rings is 2. The van der Waals surface area contributed by atoms with Gasteiger partial charge < -0.3 is 25.4 Å². The van der Waals surface area contributed by atoms with Crippen LogP contribution in [0.1, 0.15) is 60.5 Å². The molecule has 1 saturated carbocycles. The number of carbonyl (C=O) groups excluding carboxylic acids is 1. The van der Waals surface area contributed by atoms with Crippen LogP contribution in [-0.4, -0.2) is 41.7 Å². The second kappa shape index (κ2) is 10.2. The number of ether oxygens (including phenoxy) is 2. The molecule has 0 aliphatic heterocycles. The topological polar surface area (TPSA) is 119 Å². The van der Waals surface area contributed by atoms with Crippen molar-refractivity contribution in [1.82, 2.24) is 0 Å². The highest BCUT2D eigenvalue weighted by Crippen LogP contribution is 2.54. The van der Waals surface area contributed by atoms with Crippen LogP contribution in [0.2, 0.25) is 0 Å². The van der Waals surface area contributed by atoms with E-state index < -0.39 is 22.7 Å². The molecule has 0 spiro atoms. The molecule has 0 aromatic heterocycles. The summed E-state index contributed by atoms with van der Waals surface area (Å²) in [5.41, 5.74) is 4.56. The van der Waals surface area contributed by atoms with Gasteiger partial charge in [0, 0.05) is 21.5 Å². The minimum atomic E-state index is -1.71. The lowest BCUT2D eigenvalue weighted by Crippen LogP contribution is -2.62. The number of carboxylic acids is 1. The summed E-state index contributed by atoms with van der Waals surface area (Å²) >= 11 is 3.40. The van der Waals surface area contributed by atoms with Gasteiger partial charge in [0.1, 0.15) is 28.4 Å². The van der Waals surface area contributed by atoms with E-state index >= 15 is 0 Å².